The smallest absolute Gasteiger partial charge is 0.137 e. The van der Waals surface area contributed by atoms with Crippen molar-refractivity contribution in [2.75, 3.05) is 4.90 Å². The first-order chi connectivity index (χ1) is 26.8. The zero-order valence-electron chi connectivity index (χ0n) is 28.9. The minimum absolute atomic E-state index is 0.863. The number of thiophene rings is 1. The molecule has 0 spiro atoms. The number of fused-ring (bicyclic) bond motifs is 8. The van der Waals surface area contributed by atoms with Crippen LogP contribution in [0, 0.1) is 0 Å². The van der Waals surface area contributed by atoms with Gasteiger partial charge in [0.2, 0.25) is 0 Å². The van der Waals surface area contributed by atoms with Crippen LogP contribution in [0.25, 0.3) is 85.2 Å². The first-order valence-corrected chi connectivity index (χ1v) is 19.7. The molecule has 0 saturated carbocycles. The van der Waals surface area contributed by atoms with E-state index in [1.165, 1.54) is 47.1 Å². The maximum absolute atomic E-state index is 6.46. The summed E-state index contributed by atoms with van der Waals surface area (Å²) in [6.45, 7) is 0. The minimum atomic E-state index is 0.863. The molecule has 254 valence electrons. The third kappa shape index (κ3) is 5.05. The summed E-state index contributed by atoms with van der Waals surface area (Å²) in [6, 6.07) is 64.9. The van der Waals surface area contributed by atoms with Crippen molar-refractivity contribution in [3.63, 3.8) is 0 Å². The maximum atomic E-state index is 6.46. The average molecular weight is 727 g/mol. The molecule has 0 saturated heterocycles. The van der Waals surface area contributed by atoms with E-state index < -0.39 is 0 Å². The second-order valence-corrected chi connectivity index (χ2v) is 15.6. The van der Waals surface area contributed by atoms with Crippen LogP contribution in [0.5, 0.6) is 0 Å². The molecule has 11 aromatic rings. The number of nitrogens with zero attached hydrogens (tertiary/aromatic N) is 2. The average Bonchev–Trinajstić information content (AvgIpc) is 3.95. The van der Waals surface area contributed by atoms with Gasteiger partial charge in [-0.3, -0.25) is 0 Å². The quantitative estimate of drug-likeness (QED) is 0.171. The van der Waals surface area contributed by atoms with Crippen LogP contribution >= 0.6 is 22.7 Å². The molecule has 0 aliphatic carbocycles. The van der Waals surface area contributed by atoms with Crippen LogP contribution in [0.4, 0.5) is 17.1 Å². The van der Waals surface area contributed by atoms with E-state index in [9.17, 15) is 0 Å². The molecule has 54 heavy (non-hydrogen) atoms. The molecule has 0 aliphatic heterocycles. The van der Waals surface area contributed by atoms with Crippen LogP contribution in [0.2, 0.25) is 0 Å². The van der Waals surface area contributed by atoms with Crippen molar-refractivity contribution >= 4 is 92.1 Å². The van der Waals surface area contributed by atoms with E-state index >= 15 is 0 Å². The summed E-state index contributed by atoms with van der Waals surface area (Å²) in [7, 11) is 0. The molecule has 0 amide bonds. The van der Waals surface area contributed by atoms with E-state index in [0.29, 0.717) is 0 Å². The van der Waals surface area contributed by atoms with Crippen LogP contribution in [-0.4, -0.2) is 4.98 Å². The molecule has 8 aromatic carbocycles. The van der Waals surface area contributed by atoms with E-state index in [1.54, 1.807) is 11.3 Å². The monoisotopic (exact) mass is 726 g/mol. The summed E-state index contributed by atoms with van der Waals surface area (Å²) >= 11 is 3.59. The van der Waals surface area contributed by atoms with E-state index in [2.05, 4.69) is 181 Å². The Bertz CT molecular complexity index is 3160. The van der Waals surface area contributed by atoms with E-state index in [4.69, 9.17) is 9.40 Å². The molecule has 3 heterocycles. The van der Waals surface area contributed by atoms with Gasteiger partial charge in [-0.25, -0.2) is 4.98 Å². The van der Waals surface area contributed by atoms with Gasteiger partial charge in [-0.2, -0.15) is 0 Å². The molecule has 3 aromatic heterocycles. The van der Waals surface area contributed by atoms with Crippen molar-refractivity contribution in [3.8, 4) is 32.8 Å². The second-order valence-electron chi connectivity index (χ2n) is 13.5. The van der Waals surface area contributed by atoms with E-state index in [-0.39, 0.29) is 0 Å². The van der Waals surface area contributed by atoms with E-state index in [1.807, 2.05) is 17.4 Å². The Morgan fingerprint density at radius 3 is 1.85 bits per heavy atom. The highest BCUT2D eigenvalue weighted by atomic mass is 32.1. The molecule has 0 bridgehead atoms. The molecular weight excluding hydrogens is 697 g/mol. The first kappa shape index (κ1) is 31.0. The van der Waals surface area contributed by atoms with Crippen molar-refractivity contribution in [1.82, 2.24) is 4.98 Å². The summed E-state index contributed by atoms with van der Waals surface area (Å²) in [4.78, 5) is 7.68. The third-order valence-electron chi connectivity index (χ3n) is 10.3. The third-order valence-corrected chi connectivity index (χ3v) is 12.5. The van der Waals surface area contributed by atoms with E-state index in [0.717, 1.165) is 55.1 Å². The summed E-state index contributed by atoms with van der Waals surface area (Å²) in [5.41, 5.74) is 11.9. The predicted molar refractivity (Wildman–Crippen MR) is 231 cm³/mol. The molecule has 0 unspecified atom stereocenters. The van der Waals surface area contributed by atoms with Crippen molar-refractivity contribution in [2.45, 2.75) is 0 Å². The first-order valence-electron chi connectivity index (χ1n) is 18.0. The molecule has 0 N–H and O–H groups in total. The molecule has 0 atom stereocenters. The Balaban J connectivity index is 1.19. The van der Waals surface area contributed by atoms with Crippen molar-refractivity contribution < 1.29 is 4.42 Å². The number of hydrogen-bond acceptors (Lipinski definition) is 5. The summed E-state index contributed by atoms with van der Waals surface area (Å²) in [6.07, 6.45) is 0. The van der Waals surface area contributed by atoms with Gasteiger partial charge in [0.15, 0.2) is 0 Å². The van der Waals surface area contributed by atoms with Gasteiger partial charge in [-0.1, -0.05) is 121 Å². The van der Waals surface area contributed by atoms with Crippen LogP contribution in [0.1, 0.15) is 0 Å². The fourth-order valence-electron chi connectivity index (χ4n) is 7.85. The van der Waals surface area contributed by atoms with Crippen LogP contribution in [0.15, 0.2) is 186 Å². The van der Waals surface area contributed by atoms with Crippen LogP contribution < -0.4 is 4.90 Å². The van der Waals surface area contributed by atoms with Crippen molar-refractivity contribution in [2.24, 2.45) is 0 Å². The molecule has 0 aliphatic rings. The number of rotatable bonds is 6. The number of furan rings is 1. The van der Waals surface area contributed by atoms with Crippen molar-refractivity contribution in [1.29, 1.82) is 0 Å². The molecule has 3 nitrogen and oxygen atoms in total. The Morgan fingerprint density at radius 2 is 1.06 bits per heavy atom. The number of benzene rings is 8. The molecule has 0 fully saturated rings. The summed E-state index contributed by atoms with van der Waals surface area (Å²) in [5.74, 6) is 0. The highest BCUT2D eigenvalue weighted by Gasteiger charge is 2.22. The predicted octanol–water partition coefficient (Wildman–Crippen LogP) is 15.0. The topological polar surface area (TPSA) is 29.3 Å². The fourth-order valence-corrected chi connectivity index (χ4v) is 9.92. The fraction of sp³-hybridized carbons (Fsp3) is 0. The number of thiazole rings is 1. The number of anilines is 3. The highest BCUT2D eigenvalue weighted by molar-refractivity contribution is 7.26. The van der Waals surface area contributed by atoms with Gasteiger partial charge in [-0.05, 0) is 82.9 Å². The lowest BCUT2D eigenvalue weighted by Gasteiger charge is -2.27. The zero-order chi connectivity index (χ0) is 35.6. The molecular formula is C49H30N2OS2. The van der Waals surface area contributed by atoms with Gasteiger partial charge in [0.1, 0.15) is 16.2 Å². The van der Waals surface area contributed by atoms with Gasteiger partial charge < -0.3 is 9.32 Å². The van der Waals surface area contributed by atoms with Crippen molar-refractivity contribution in [3.05, 3.63) is 182 Å². The number of hydrogen-bond donors (Lipinski definition) is 0. The van der Waals surface area contributed by atoms with Gasteiger partial charge in [-0.15, -0.1) is 22.7 Å². The van der Waals surface area contributed by atoms with Gasteiger partial charge >= 0.3 is 0 Å². The lowest BCUT2D eigenvalue weighted by molar-refractivity contribution is 0.669. The Kier molecular flexibility index (Phi) is 7.22. The summed E-state index contributed by atoms with van der Waals surface area (Å²) in [5, 5.41) is 5.65. The Morgan fingerprint density at radius 1 is 0.426 bits per heavy atom. The lowest BCUT2D eigenvalue weighted by Crippen LogP contribution is -2.10. The van der Waals surface area contributed by atoms with Crippen LogP contribution in [-0.2, 0) is 0 Å². The largest absolute Gasteiger partial charge is 0.456 e. The highest BCUT2D eigenvalue weighted by Crippen LogP contribution is 2.48. The molecule has 0 radical (unpaired) electrons. The zero-order valence-corrected chi connectivity index (χ0v) is 30.6. The van der Waals surface area contributed by atoms with Gasteiger partial charge in [0.05, 0.1) is 21.3 Å². The standard InChI is InChI=1S/C49H30N2OS2/c1-4-13-31(14-5-1)36-25-23-34(29-38(36)32-15-6-2-7-16-32)51(40-20-12-22-42-46(40)37-19-10-11-21-41(37)52-42)35-24-26-43-39(30-35)47-44(53-43)27-28-45-48(47)50-49(54-45)33-17-8-3-9-18-33/h1-30H. The molecule has 5 heteroatoms. The maximum Gasteiger partial charge on any atom is 0.137 e. The Labute approximate surface area is 319 Å². The van der Waals surface area contributed by atoms with Gasteiger partial charge in [0, 0.05) is 42.5 Å². The molecule has 11 rings (SSSR count). The summed E-state index contributed by atoms with van der Waals surface area (Å²) < 4.78 is 10.1. The number of aromatic nitrogens is 1. The SMILES string of the molecule is c1ccc(-c2nc3c(ccc4sc5ccc(N(c6ccc(-c7ccccc7)c(-c7ccccc7)c6)c6cccc7oc8ccccc8c67)cc5c43)s2)cc1. The normalized spacial score (nSPS) is 11.7. The second kappa shape index (κ2) is 12.6. The minimum Gasteiger partial charge on any atom is -0.456 e. The Hall–Kier alpha value is -6.53. The van der Waals surface area contributed by atoms with Crippen LogP contribution in [0.3, 0.4) is 0 Å². The van der Waals surface area contributed by atoms with Gasteiger partial charge in [0.25, 0.3) is 0 Å². The number of para-hydroxylation sites is 1. The lowest BCUT2D eigenvalue weighted by atomic mass is 9.93.